The summed E-state index contributed by atoms with van der Waals surface area (Å²) in [5.41, 5.74) is 0.915. The molecule has 0 amide bonds. The molecule has 3 nitrogen and oxygen atoms in total. The van der Waals surface area contributed by atoms with Crippen molar-refractivity contribution in [2.45, 2.75) is 32.7 Å². The third-order valence-electron chi connectivity index (χ3n) is 2.45. The Balaban J connectivity index is 2.84. The molecular weight excluding hydrogens is 202 g/mol. The van der Waals surface area contributed by atoms with E-state index >= 15 is 0 Å². The van der Waals surface area contributed by atoms with Gasteiger partial charge in [0.25, 0.3) is 0 Å². The molecule has 1 aromatic carbocycles. The molecule has 2 N–H and O–H groups in total. The minimum atomic E-state index is -0.245. The fraction of sp³-hybridized carbons (Fsp3) is 0.462. The van der Waals surface area contributed by atoms with Crippen LogP contribution < -0.4 is 5.32 Å². The van der Waals surface area contributed by atoms with E-state index in [2.05, 4.69) is 5.32 Å². The molecule has 1 atom stereocenters. The second kappa shape index (κ2) is 6.28. The summed E-state index contributed by atoms with van der Waals surface area (Å²) in [6.07, 6.45) is 1.44. The third-order valence-corrected chi connectivity index (χ3v) is 2.45. The highest BCUT2D eigenvalue weighted by molar-refractivity contribution is 5.85. The maximum atomic E-state index is 11.9. The van der Waals surface area contributed by atoms with Gasteiger partial charge >= 0.3 is 0 Å². The van der Waals surface area contributed by atoms with E-state index in [1.54, 1.807) is 24.3 Å². The van der Waals surface area contributed by atoms with Crippen LogP contribution in [-0.4, -0.2) is 17.4 Å². The van der Waals surface area contributed by atoms with Crippen LogP contribution >= 0.6 is 0 Å². The van der Waals surface area contributed by atoms with E-state index in [4.69, 9.17) is 0 Å². The number of rotatable bonds is 6. The quantitative estimate of drug-likeness (QED) is 0.775. The molecule has 0 aliphatic heterocycles. The molecule has 1 rings (SSSR count). The lowest BCUT2D eigenvalue weighted by Gasteiger charge is -2.16. The first kappa shape index (κ1) is 12.7. The molecule has 0 aliphatic carbocycles. The van der Waals surface area contributed by atoms with Gasteiger partial charge in [-0.2, -0.15) is 0 Å². The molecule has 0 spiro atoms. The van der Waals surface area contributed by atoms with Gasteiger partial charge in [-0.05, 0) is 30.7 Å². The molecule has 16 heavy (non-hydrogen) atoms. The number of carbonyl (C=O) groups is 1. The molecule has 1 aromatic rings. The molecule has 88 valence electrons. The summed E-state index contributed by atoms with van der Waals surface area (Å²) < 4.78 is 0. The molecule has 0 heterocycles. The molecule has 0 aliphatic rings. The van der Waals surface area contributed by atoms with Crippen molar-refractivity contribution in [3.8, 4) is 5.75 Å². The first-order valence-electron chi connectivity index (χ1n) is 5.74. The highest BCUT2D eigenvalue weighted by atomic mass is 16.3. The summed E-state index contributed by atoms with van der Waals surface area (Å²) in [5, 5.41) is 12.4. The Morgan fingerprint density at radius 2 is 1.94 bits per heavy atom. The number of benzene rings is 1. The number of likely N-dealkylation sites (N-methyl/N-ethyl adjacent to an activating group) is 1. The molecule has 0 saturated heterocycles. The number of hydrogen-bond acceptors (Lipinski definition) is 3. The number of ketones is 1. The van der Waals surface area contributed by atoms with Crippen LogP contribution in [0, 0.1) is 0 Å². The van der Waals surface area contributed by atoms with Crippen LogP contribution in [0.1, 0.15) is 38.3 Å². The van der Waals surface area contributed by atoms with Crippen molar-refractivity contribution in [3.63, 3.8) is 0 Å². The normalized spacial score (nSPS) is 12.4. The van der Waals surface area contributed by atoms with Gasteiger partial charge < -0.3 is 10.4 Å². The molecule has 0 bridgehead atoms. The van der Waals surface area contributed by atoms with Gasteiger partial charge in [0.2, 0.25) is 0 Å². The topological polar surface area (TPSA) is 49.3 Å². The number of hydrogen-bond donors (Lipinski definition) is 2. The molecule has 0 saturated carbocycles. The molecular formula is C13H19NO2. The maximum Gasteiger partial charge on any atom is 0.154 e. The number of Topliss-reactive ketones (excluding diaryl/α,β-unsaturated/α-hetero) is 1. The fourth-order valence-electron chi connectivity index (χ4n) is 1.68. The monoisotopic (exact) mass is 221 g/mol. The first-order chi connectivity index (χ1) is 7.69. The fourth-order valence-corrected chi connectivity index (χ4v) is 1.68. The molecule has 0 radical (unpaired) electrons. The zero-order valence-corrected chi connectivity index (χ0v) is 9.86. The Kier molecular flexibility index (Phi) is 4.99. The van der Waals surface area contributed by atoms with Gasteiger partial charge in [-0.15, -0.1) is 0 Å². The smallest absolute Gasteiger partial charge is 0.154 e. The predicted octanol–water partition coefficient (Wildman–Crippen LogP) is 2.41. The van der Waals surface area contributed by atoms with E-state index in [9.17, 15) is 9.90 Å². The van der Waals surface area contributed by atoms with Crippen molar-refractivity contribution >= 4 is 5.78 Å². The van der Waals surface area contributed by atoms with Crippen molar-refractivity contribution in [1.82, 2.24) is 5.32 Å². The Morgan fingerprint density at radius 3 is 2.44 bits per heavy atom. The first-order valence-corrected chi connectivity index (χ1v) is 5.74. The summed E-state index contributed by atoms with van der Waals surface area (Å²) in [6, 6.07) is 6.55. The SMILES string of the molecule is CCCC(=O)C(NCC)c1ccc(O)cc1. The number of carbonyl (C=O) groups excluding carboxylic acids is 1. The molecule has 3 heteroatoms. The summed E-state index contributed by atoms with van der Waals surface area (Å²) in [7, 11) is 0. The van der Waals surface area contributed by atoms with Crippen LogP contribution in [0.3, 0.4) is 0 Å². The zero-order valence-electron chi connectivity index (χ0n) is 9.86. The minimum Gasteiger partial charge on any atom is -0.508 e. The Bertz CT molecular complexity index is 332. The number of phenols is 1. The van der Waals surface area contributed by atoms with E-state index in [-0.39, 0.29) is 17.6 Å². The Morgan fingerprint density at radius 1 is 1.31 bits per heavy atom. The van der Waals surface area contributed by atoms with Crippen molar-refractivity contribution < 1.29 is 9.90 Å². The Hall–Kier alpha value is -1.35. The molecule has 1 unspecified atom stereocenters. The number of aromatic hydroxyl groups is 1. The van der Waals surface area contributed by atoms with Crippen molar-refractivity contribution in [2.75, 3.05) is 6.54 Å². The lowest BCUT2D eigenvalue weighted by atomic mass is 10.00. The van der Waals surface area contributed by atoms with Gasteiger partial charge in [-0.1, -0.05) is 26.0 Å². The summed E-state index contributed by atoms with van der Waals surface area (Å²) in [4.78, 5) is 11.9. The second-order valence-corrected chi connectivity index (χ2v) is 3.80. The van der Waals surface area contributed by atoms with Crippen LogP contribution in [0.15, 0.2) is 24.3 Å². The van der Waals surface area contributed by atoms with E-state index in [0.717, 1.165) is 18.5 Å². The van der Waals surface area contributed by atoms with Gasteiger partial charge in [0.15, 0.2) is 5.78 Å². The average Bonchev–Trinajstić information content (AvgIpc) is 2.28. The zero-order chi connectivity index (χ0) is 12.0. The summed E-state index contributed by atoms with van der Waals surface area (Å²) in [6.45, 7) is 4.73. The lowest BCUT2D eigenvalue weighted by molar-refractivity contribution is -0.121. The van der Waals surface area contributed by atoms with Crippen molar-refractivity contribution in [1.29, 1.82) is 0 Å². The standard InChI is InChI=1S/C13H19NO2/c1-3-5-12(16)13(14-4-2)10-6-8-11(15)9-7-10/h6-9,13-15H,3-5H2,1-2H3. The largest absolute Gasteiger partial charge is 0.508 e. The van der Waals surface area contributed by atoms with E-state index < -0.39 is 0 Å². The lowest BCUT2D eigenvalue weighted by Crippen LogP contribution is -2.28. The van der Waals surface area contributed by atoms with Crippen LogP contribution in [0.25, 0.3) is 0 Å². The van der Waals surface area contributed by atoms with Crippen LogP contribution in [0.4, 0.5) is 0 Å². The second-order valence-electron chi connectivity index (χ2n) is 3.80. The van der Waals surface area contributed by atoms with Gasteiger partial charge in [0.05, 0.1) is 6.04 Å². The molecule has 0 aromatic heterocycles. The Labute approximate surface area is 96.5 Å². The number of phenolic OH excluding ortho intramolecular Hbond substituents is 1. The van der Waals surface area contributed by atoms with E-state index in [1.807, 2.05) is 13.8 Å². The molecule has 0 fully saturated rings. The van der Waals surface area contributed by atoms with Gasteiger partial charge in [0.1, 0.15) is 5.75 Å². The third kappa shape index (κ3) is 3.35. The van der Waals surface area contributed by atoms with E-state index in [0.29, 0.717) is 6.42 Å². The highest BCUT2D eigenvalue weighted by Crippen LogP contribution is 2.19. The van der Waals surface area contributed by atoms with Gasteiger partial charge in [-0.25, -0.2) is 0 Å². The van der Waals surface area contributed by atoms with Crippen LogP contribution in [0.5, 0.6) is 5.75 Å². The predicted molar refractivity (Wildman–Crippen MR) is 64.4 cm³/mol. The highest BCUT2D eigenvalue weighted by Gasteiger charge is 2.17. The van der Waals surface area contributed by atoms with E-state index in [1.165, 1.54) is 0 Å². The number of nitrogens with one attached hydrogen (secondary N) is 1. The van der Waals surface area contributed by atoms with Crippen molar-refractivity contribution in [2.24, 2.45) is 0 Å². The van der Waals surface area contributed by atoms with Gasteiger partial charge in [0, 0.05) is 6.42 Å². The van der Waals surface area contributed by atoms with Gasteiger partial charge in [-0.3, -0.25) is 4.79 Å². The average molecular weight is 221 g/mol. The minimum absolute atomic E-state index is 0.204. The summed E-state index contributed by atoms with van der Waals surface area (Å²) >= 11 is 0. The van der Waals surface area contributed by atoms with Crippen LogP contribution in [-0.2, 0) is 4.79 Å². The maximum absolute atomic E-state index is 11.9. The summed E-state index contributed by atoms with van der Waals surface area (Å²) in [5.74, 6) is 0.428. The van der Waals surface area contributed by atoms with Crippen LogP contribution in [0.2, 0.25) is 0 Å². The van der Waals surface area contributed by atoms with Crippen molar-refractivity contribution in [3.05, 3.63) is 29.8 Å².